The summed E-state index contributed by atoms with van der Waals surface area (Å²) in [5.74, 6) is -1.56. The van der Waals surface area contributed by atoms with Crippen LogP contribution in [-0.4, -0.2) is 139 Å². The maximum Gasteiger partial charge on any atom is 0.407 e. The summed E-state index contributed by atoms with van der Waals surface area (Å²) in [6.07, 6.45) is 9.17. The monoisotopic (exact) mass is 952 g/mol. The number of hydrogen-bond acceptors (Lipinski definition) is 14. The second kappa shape index (κ2) is 23.7. The average molecular weight is 953 g/mol. The fourth-order valence-electron chi connectivity index (χ4n) is 9.39. The molecule has 0 saturated carbocycles. The predicted molar refractivity (Wildman–Crippen MR) is 251 cm³/mol. The van der Waals surface area contributed by atoms with Crippen LogP contribution in [0.5, 0.6) is 0 Å². The summed E-state index contributed by atoms with van der Waals surface area (Å²) in [5, 5.41) is 8.25. The van der Waals surface area contributed by atoms with Gasteiger partial charge in [-0.2, -0.15) is 0 Å². The van der Waals surface area contributed by atoms with Gasteiger partial charge in [0.15, 0.2) is 8.32 Å². The molecule has 5 aliphatic rings. The Morgan fingerprint density at radius 1 is 0.881 bits per heavy atom. The van der Waals surface area contributed by atoms with Gasteiger partial charge in [0, 0.05) is 37.5 Å². The first-order valence-electron chi connectivity index (χ1n) is 24.0. The van der Waals surface area contributed by atoms with Gasteiger partial charge in [-0.25, -0.2) is 4.79 Å². The topological polar surface area (TPSA) is 206 Å². The molecule has 2 saturated heterocycles. The van der Waals surface area contributed by atoms with E-state index in [0.29, 0.717) is 84.5 Å². The summed E-state index contributed by atoms with van der Waals surface area (Å²) in [6.45, 7) is 18.9. The first-order valence-corrected chi connectivity index (χ1v) is 27.0. The van der Waals surface area contributed by atoms with Crippen LogP contribution in [0.2, 0.25) is 18.1 Å². The van der Waals surface area contributed by atoms with Gasteiger partial charge in [0.1, 0.15) is 18.2 Å². The summed E-state index contributed by atoms with van der Waals surface area (Å²) in [4.78, 5) is 76.9. The minimum absolute atomic E-state index is 0.0545. The standard InChI is InChI=1S/C49H72N4O13Si/c1-31-27-33-12-11-32(2)36(14-13-34-29-35(30-42(55)64-34)66-67(6,7)49(3,4)5)43(33)40(28-31)65-48(59)51-18-20-61-22-24-63-26-25-62-23-21-60-19-17-50-38-10-8-9-37-44(38)47(58)53(46(37)57)39-15-16-41(54)52-45(39)56/h8-12,27,31-32,34-36,39-40,43,50H,13-26,28-30H2,1-7H3,(H,51,59)(H,52,54,56)/t31-,32-,34+,35+,36-,39?,40-,43-/m0/s1. The Morgan fingerprint density at radius 3 is 2.22 bits per heavy atom. The van der Waals surface area contributed by atoms with Crippen LogP contribution in [0, 0.1) is 23.7 Å². The number of nitrogens with one attached hydrogen (secondary N) is 3. The highest BCUT2D eigenvalue weighted by Gasteiger charge is 2.47. The molecule has 1 unspecified atom stereocenters. The number of carbonyl (C=O) groups excluding carboxylic acids is 6. The third-order valence-corrected chi connectivity index (χ3v) is 18.4. The van der Waals surface area contributed by atoms with Crippen LogP contribution in [0.3, 0.4) is 0 Å². The van der Waals surface area contributed by atoms with Crippen LogP contribution < -0.4 is 16.0 Å². The SMILES string of the molecule is C[C@H]1C=C2C=C[C@H](C)[C@H](CC[C@@H]3C[C@@H](O[Si](C)(C)C(C)(C)C)CC(=O)O3)[C@H]2[C@@H](OC(=O)NCCOCCOCCOCCOCCNc2cccc3c2C(=O)N(C2CCC(=O)NC2=O)C3=O)C1. The Morgan fingerprint density at radius 2 is 1.55 bits per heavy atom. The number of esters is 1. The highest BCUT2D eigenvalue weighted by molar-refractivity contribution is 6.74. The molecule has 0 aromatic heterocycles. The lowest BCUT2D eigenvalue weighted by Crippen LogP contribution is -2.54. The van der Waals surface area contributed by atoms with Crippen molar-refractivity contribution in [2.24, 2.45) is 23.7 Å². The molecule has 3 aliphatic heterocycles. The first kappa shape index (κ1) is 51.9. The third kappa shape index (κ3) is 13.8. The zero-order valence-corrected chi connectivity index (χ0v) is 41.4. The number of cyclic esters (lactones) is 1. The smallest absolute Gasteiger partial charge is 0.407 e. The van der Waals surface area contributed by atoms with Crippen molar-refractivity contribution in [1.82, 2.24) is 15.5 Å². The minimum atomic E-state index is -2.04. The highest BCUT2D eigenvalue weighted by atomic mass is 28.4. The van der Waals surface area contributed by atoms with Crippen molar-refractivity contribution >= 4 is 49.7 Å². The van der Waals surface area contributed by atoms with E-state index in [1.54, 1.807) is 18.2 Å². The Bertz CT molecular complexity index is 2000. The highest BCUT2D eigenvalue weighted by Crippen LogP contribution is 2.46. The van der Waals surface area contributed by atoms with E-state index >= 15 is 0 Å². The Kier molecular flexibility index (Phi) is 18.4. The molecule has 1 aromatic rings. The molecule has 1 aromatic carbocycles. The number of ether oxygens (including phenoxy) is 6. The van der Waals surface area contributed by atoms with Crippen LogP contribution >= 0.6 is 0 Å². The Hall–Kier alpha value is -4.46. The van der Waals surface area contributed by atoms with E-state index in [1.165, 1.54) is 5.57 Å². The molecule has 2 aliphatic carbocycles. The molecule has 370 valence electrons. The van der Waals surface area contributed by atoms with Gasteiger partial charge in [0.2, 0.25) is 11.8 Å². The number of rotatable bonds is 23. The Balaban J connectivity index is 0.801. The van der Waals surface area contributed by atoms with Crippen molar-refractivity contribution in [3.05, 3.63) is 53.1 Å². The van der Waals surface area contributed by atoms with Crippen LogP contribution in [0.1, 0.15) is 100 Å². The molecule has 0 bridgehead atoms. The van der Waals surface area contributed by atoms with E-state index in [1.807, 2.05) is 0 Å². The lowest BCUT2D eigenvalue weighted by atomic mass is 9.65. The van der Waals surface area contributed by atoms with Crippen molar-refractivity contribution in [1.29, 1.82) is 0 Å². The zero-order valence-electron chi connectivity index (χ0n) is 40.4. The third-order valence-electron chi connectivity index (χ3n) is 13.8. The molecule has 6 rings (SSSR count). The van der Waals surface area contributed by atoms with Gasteiger partial charge in [-0.05, 0) is 79.3 Å². The Labute approximate surface area is 395 Å². The van der Waals surface area contributed by atoms with E-state index in [9.17, 15) is 28.8 Å². The number of alkyl carbamates (subject to hydrolysis) is 1. The molecule has 5 amide bonds. The van der Waals surface area contributed by atoms with E-state index < -0.39 is 44.1 Å². The van der Waals surface area contributed by atoms with Gasteiger partial charge in [-0.15, -0.1) is 0 Å². The van der Waals surface area contributed by atoms with Gasteiger partial charge in [0.05, 0.1) is 76.5 Å². The summed E-state index contributed by atoms with van der Waals surface area (Å²) >= 11 is 0. The molecule has 2 fully saturated rings. The van der Waals surface area contributed by atoms with Crippen LogP contribution in [0.4, 0.5) is 10.5 Å². The van der Waals surface area contributed by atoms with Crippen molar-refractivity contribution in [2.75, 3.05) is 71.3 Å². The molecule has 18 heteroatoms. The van der Waals surface area contributed by atoms with E-state index in [2.05, 4.69) is 81.9 Å². The lowest BCUT2D eigenvalue weighted by molar-refractivity contribution is -0.160. The molecule has 67 heavy (non-hydrogen) atoms. The lowest BCUT2D eigenvalue weighted by Gasteiger charge is -2.44. The zero-order chi connectivity index (χ0) is 48.3. The maximum atomic E-state index is 13.2. The normalized spacial score (nSPS) is 26.4. The molecule has 3 heterocycles. The summed E-state index contributed by atoms with van der Waals surface area (Å²) in [6, 6.07) is 3.88. The van der Waals surface area contributed by atoms with Gasteiger partial charge in [-0.3, -0.25) is 34.2 Å². The summed E-state index contributed by atoms with van der Waals surface area (Å²) in [5.41, 5.74) is 2.08. The summed E-state index contributed by atoms with van der Waals surface area (Å²) in [7, 11) is -2.04. The van der Waals surface area contributed by atoms with Crippen molar-refractivity contribution in [3.63, 3.8) is 0 Å². The molecule has 3 N–H and O–H groups in total. The number of hydrogen-bond donors (Lipinski definition) is 3. The van der Waals surface area contributed by atoms with Gasteiger partial charge in [-0.1, -0.05) is 58.9 Å². The predicted octanol–water partition coefficient (Wildman–Crippen LogP) is 5.94. The minimum Gasteiger partial charge on any atom is -0.462 e. The number of benzene rings is 1. The molecule has 17 nitrogen and oxygen atoms in total. The molecular formula is C49H72N4O13Si. The number of imide groups is 2. The maximum absolute atomic E-state index is 13.2. The van der Waals surface area contributed by atoms with Crippen LogP contribution in [0.15, 0.2) is 42.0 Å². The van der Waals surface area contributed by atoms with Gasteiger partial charge in [0.25, 0.3) is 11.8 Å². The van der Waals surface area contributed by atoms with Gasteiger partial charge < -0.3 is 43.5 Å². The second-order valence-electron chi connectivity index (χ2n) is 19.8. The van der Waals surface area contributed by atoms with Crippen molar-refractivity contribution < 1.29 is 61.6 Å². The number of amides is 5. The number of piperidine rings is 1. The molecule has 0 spiro atoms. The van der Waals surface area contributed by atoms with E-state index in [4.69, 9.17) is 32.8 Å². The number of carbonyl (C=O) groups is 6. The quantitative estimate of drug-likeness (QED) is 0.0503. The molecule has 0 radical (unpaired) electrons. The van der Waals surface area contributed by atoms with E-state index in [0.717, 1.165) is 24.2 Å². The molecular weight excluding hydrogens is 881 g/mol. The summed E-state index contributed by atoms with van der Waals surface area (Å²) < 4.78 is 41.1. The number of nitrogens with zero attached hydrogens (tertiary/aromatic N) is 1. The van der Waals surface area contributed by atoms with Crippen molar-refractivity contribution in [3.8, 4) is 0 Å². The number of anilines is 1. The number of fused-ring (bicyclic) bond motifs is 2. The largest absolute Gasteiger partial charge is 0.462 e. The average Bonchev–Trinajstić information content (AvgIpc) is 3.51. The fourth-order valence-corrected chi connectivity index (χ4v) is 10.8. The first-order chi connectivity index (χ1) is 31.9. The number of allylic oxidation sites excluding steroid dienone is 3. The molecule has 8 atom stereocenters. The second-order valence-corrected chi connectivity index (χ2v) is 24.6. The van der Waals surface area contributed by atoms with Crippen LogP contribution in [0.25, 0.3) is 0 Å². The van der Waals surface area contributed by atoms with Crippen LogP contribution in [-0.2, 0) is 47.2 Å². The van der Waals surface area contributed by atoms with E-state index in [-0.39, 0.29) is 77.0 Å². The van der Waals surface area contributed by atoms with Gasteiger partial charge >= 0.3 is 12.1 Å². The fraction of sp³-hybridized carbons (Fsp3) is 0.673. The van der Waals surface area contributed by atoms with Crippen molar-refractivity contribution in [2.45, 2.75) is 122 Å².